The van der Waals surface area contributed by atoms with E-state index in [4.69, 9.17) is 9.47 Å². The minimum atomic E-state index is -3.18. The second kappa shape index (κ2) is 18.0. The maximum Gasteiger partial charge on any atom is 0.280 e. The van der Waals surface area contributed by atoms with E-state index >= 15 is 8.78 Å². The highest BCUT2D eigenvalue weighted by Gasteiger charge is 2.46. The van der Waals surface area contributed by atoms with Crippen LogP contribution in [0.3, 0.4) is 0 Å². The van der Waals surface area contributed by atoms with E-state index < -0.39 is 54.1 Å². The number of nitrogens with one attached hydrogen (secondary N) is 2. The number of anilines is 1. The van der Waals surface area contributed by atoms with E-state index in [-0.39, 0.29) is 40.8 Å². The zero-order chi connectivity index (χ0) is 45.6. The Hall–Kier alpha value is -5.76. The van der Waals surface area contributed by atoms with Gasteiger partial charge in [-0.25, -0.2) is 8.78 Å². The normalized spacial score (nSPS) is 20.6. The van der Waals surface area contributed by atoms with Crippen molar-refractivity contribution >= 4 is 56.6 Å². The molecular weight excluding hydrogens is 851 g/mol. The lowest BCUT2D eigenvalue weighted by Gasteiger charge is -2.39. The van der Waals surface area contributed by atoms with E-state index in [1.165, 1.54) is 10.6 Å². The van der Waals surface area contributed by atoms with Crippen LogP contribution >= 0.6 is 11.3 Å². The van der Waals surface area contributed by atoms with Crippen LogP contribution < -0.4 is 30.6 Å². The lowest BCUT2D eigenvalue weighted by molar-refractivity contribution is -0.136. The number of aryl methyl sites for hydroxylation is 1. The Bertz CT molecular complexity index is 2560. The molecule has 2 aromatic heterocycles. The van der Waals surface area contributed by atoms with Gasteiger partial charge in [0.2, 0.25) is 11.8 Å². The molecule has 3 fully saturated rings. The Morgan fingerprint density at radius 3 is 2.23 bits per heavy atom. The fraction of sp³-hybridized carbons (Fsp3) is 0.467. The van der Waals surface area contributed by atoms with Gasteiger partial charge in [-0.1, -0.05) is 0 Å². The number of methoxy groups -OCH3 is 2. The van der Waals surface area contributed by atoms with Crippen molar-refractivity contribution in [3.63, 3.8) is 0 Å². The van der Waals surface area contributed by atoms with Gasteiger partial charge >= 0.3 is 0 Å². The molecule has 340 valence electrons. The van der Waals surface area contributed by atoms with Crippen molar-refractivity contribution < 1.29 is 42.2 Å². The summed E-state index contributed by atoms with van der Waals surface area (Å²) >= 11 is 1.09. The van der Waals surface area contributed by atoms with E-state index in [0.717, 1.165) is 27.5 Å². The minimum Gasteiger partial charge on any atom is -0.496 e. The molecule has 4 aliphatic heterocycles. The molecule has 0 spiro atoms. The number of pyridine rings is 1. The fourth-order valence-corrected chi connectivity index (χ4v) is 10.3. The largest absolute Gasteiger partial charge is 0.496 e. The SMILES string of the molecule is COc1cc(-c2cn(C)c(=O)c3cc(C(=O)NC4CCN(CCCN5CCN(c6ccc7c(c6)C(=O)N([C@@H]6CCC(=O)NC6=O)C7=O)CC5)CC4(F)F)sc23)cc(OC)c1CN(C)C. The smallest absolute Gasteiger partial charge is 0.280 e. The number of likely N-dealkylation sites (tertiary alicyclic amines) is 1. The molecule has 2 N–H and O–H groups in total. The molecule has 5 amide bonds. The van der Waals surface area contributed by atoms with Gasteiger partial charge in [-0.15, -0.1) is 11.3 Å². The lowest BCUT2D eigenvalue weighted by atomic mass is 10.00. The average Bonchev–Trinajstić information content (AvgIpc) is 3.82. The van der Waals surface area contributed by atoms with E-state index in [0.29, 0.717) is 91.5 Å². The summed E-state index contributed by atoms with van der Waals surface area (Å²) in [5.74, 6) is -4.81. The third-order valence-electron chi connectivity index (χ3n) is 12.6. The van der Waals surface area contributed by atoms with Crippen LogP contribution in [-0.2, 0) is 23.2 Å². The number of ether oxygens (including phenoxy) is 2. The van der Waals surface area contributed by atoms with Crippen molar-refractivity contribution in [2.45, 2.75) is 50.2 Å². The van der Waals surface area contributed by atoms with Crippen LogP contribution in [0, 0.1) is 0 Å². The molecule has 0 bridgehead atoms. The van der Waals surface area contributed by atoms with Crippen LogP contribution in [0.4, 0.5) is 14.5 Å². The van der Waals surface area contributed by atoms with Crippen LogP contribution in [0.5, 0.6) is 11.5 Å². The Labute approximate surface area is 372 Å². The first kappa shape index (κ1) is 44.8. The van der Waals surface area contributed by atoms with Crippen molar-refractivity contribution in [3.05, 3.63) is 74.5 Å². The summed E-state index contributed by atoms with van der Waals surface area (Å²) in [7, 11) is 8.65. The Balaban J connectivity index is 0.840. The maximum atomic E-state index is 15.7. The predicted molar refractivity (Wildman–Crippen MR) is 237 cm³/mol. The Morgan fingerprint density at radius 2 is 1.58 bits per heavy atom. The first-order chi connectivity index (χ1) is 30.6. The maximum absolute atomic E-state index is 15.7. The van der Waals surface area contributed by atoms with Gasteiger partial charge in [0.1, 0.15) is 17.5 Å². The van der Waals surface area contributed by atoms with Crippen LogP contribution in [0.15, 0.2) is 47.4 Å². The number of aromatic nitrogens is 1. The minimum absolute atomic E-state index is 0.0504. The second-order valence-corrected chi connectivity index (χ2v) is 18.2. The monoisotopic (exact) mass is 902 g/mol. The van der Waals surface area contributed by atoms with Gasteiger partial charge in [0.05, 0.1) is 53.8 Å². The number of hydrogen-bond acceptors (Lipinski definition) is 13. The molecule has 4 aliphatic rings. The molecule has 0 aliphatic carbocycles. The number of fused-ring (bicyclic) bond motifs is 2. The fourth-order valence-electron chi connectivity index (χ4n) is 9.19. The van der Waals surface area contributed by atoms with Crippen LogP contribution in [0.1, 0.15) is 61.6 Å². The van der Waals surface area contributed by atoms with E-state index in [9.17, 15) is 28.8 Å². The van der Waals surface area contributed by atoms with Gasteiger partial charge in [-0.05, 0) is 88.4 Å². The molecule has 3 saturated heterocycles. The number of alkyl halides is 2. The van der Waals surface area contributed by atoms with E-state index in [1.54, 1.807) is 50.6 Å². The summed E-state index contributed by atoms with van der Waals surface area (Å²) in [5, 5.41) is 5.11. The van der Waals surface area contributed by atoms with Gasteiger partial charge in [-0.2, -0.15) is 0 Å². The zero-order valence-corrected chi connectivity index (χ0v) is 37.3. The molecule has 16 nitrogen and oxygen atoms in total. The lowest BCUT2D eigenvalue weighted by Crippen LogP contribution is -2.58. The molecule has 4 aromatic rings. The highest BCUT2D eigenvalue weighted by atomic mass is 32.1. The standard InChI is InChI=1S/C45H52F2N8O8S/c1-50(2)23-32-34(62-4)19-26(20-35(32)63-5)31-24-51(3)42(59)30-22-36(64-39(30)31)41(58)48-37-11-14-53(25-45(37,46)47)13-6-12-52-15-17-54(18-16-52)27-7-8-28-29(21-27)44(61)55(43(28)60)33-9-10-38(56)49-40(33)57/h7-8,19-22,24,33,37H,6,9-18,23,25H2,1-5H3,(H,48,58)(H,49,56,57)/t33-,37?/m1/s1. The van der Waals surface area contributed by atoms with Crippen LogP contribution in [-0.4, -0.2) is 152 Å². The topological polar surface area (TPSA) is 166 Å². The molecule has 1 unspecified atom stereocenters. The van der Waals surface area contributed by atoms with Crippen LogP contribution in [0.2, 0.25) is 0 Å². The highest BCUT2D eigenvalue weighted by molar-refractivity contribution is 7.21. The van der Waals surface area contributed by atoms with Gasteiger partial charge < -0.3 is 29.2 Å². The summed E-state index contributed by atoms with van der Waals surface area (Å²) in [4.78, 5) is 86.6. The Kier molecular flexibility index (Phi) is 12.6. The molecule has 2 aromatic carbocycles. The van der Waals surface area contributed by atoms with Crippen LogP contribution in [0.25, 0.3) is 21.2 Å². The third kappa shape index (κ3) is 8.73. The number of benzene rings is 2. The quantitative estimate of drug-likeness (QED) is 0.188. The van der Waals surface area contributed by atoms with Gasteiger partial charge in [0, 0.05) is 74.9 Å². The predicted octanol–water partition coefficient (Wildman–Crippen LogP) is 3.40. The second-order valence-electron chi connectivity index (χ2n) is 17.1. The number of piperidine rings is 2. The number of thiophene rings is 1. The molecular formula is C45H52F2N8O8S. The van der Waals surface area contributed by atoms with Crippen molar-refractivity contribution in [2.24, 2.45) is 7.05 Å². The molecule has 19 heteroatoms. The summed E-state index contributed by atoms with van der Waals surface area (Å²) in [6, 6.07) is 7.91. The number of nitrogens with zero attached hydrogens (tertiary/aromatic N) is 6. The summed E-state index contributed by atoms with van der Waals surface area (Å²) in [6.45, 7) is 4.39. The number of amides is 5. The first-order valence-corrected chi connectivity index (χ1v) is 22.2. The van der Waals surface area contributed by atoms with Crippen molar-refractivity contribution in [1.29, 1.82) is 0 Å². The third-order valence-corrected chi connectivity index (χ3v) is 13.7. The first-order valence-electron chi connectivity index (χ1n) is 21.3. The van der Waals surface area contributed by atoms with Gasteiger partial charge in [0.25, 0.3) is 29.2 Å². The molecule has 6 heterocycles. The van der Waals surface area contributed by atoms with Crippen molar-refractivity contribution in [2.75, 3.05) is 85.6 Å². The van der Waals surface area contributed by atoms with E-state index in [2.05, 4.69) is 20.4 Å². The van der Waals surface area contributed by atoms with Crippen molar-refractivity contribution in [1.82, 2.24) is 34.8 Å². The molecule has 8 rings (SSSR count). The Morgan fingerprint density at radius 1 is 0.891 bits per heavy atom. The summed E-state index contributed by atoms with van der Waals surface area (Å²) < 4.78 is 44.8. The number of hydrogen-bond donors (Lipinski definition) is 2. The number of rotatable bonds is 13. The number of carbonyl (C=O) groups is 5. The summed E-state index contributed by atoms with van der Waals surface area (Å²) in [5.41, 5.74) is 3.18. The van der Waals surface area contributed by atoms with Gasteiger partial charge in [-0.3, -0.25) is 48.8 Å². The molecule has 64 heavy (non-hydrogen) atoms. The number of halogens is 2. The molecule has 0 saturated carbocycles. The van der Waals surface area contributed by atoms with E-state index in [1.807, 2.05) is 31.1 Å². The number of imide groups is 2. The number of carbonyl (C=O) groups excluding carboxylic acids is 5. The number of piperazine rings is 1. The molecule has 2 atom stereocenters. The summed E-state index contributed by atoms with van der Waals surface area (Å²) in [6.07, 6.45) is 2.57. The average molecular weight is 903 g/mol. The van der Waals surface area contributed by atoms with Crippen molar-refractivity contribution in [3.8, 4) is 22.6 Å². The highest BCUT2D eigenvalue weighted by Crippen LogP contribution is 2.40. The zero-order valence-electron chi connectivity index (χ0n) is 36.5. The van der Waals surface area contributed by atoms with Gasteiger partial charge in [0.15, 0.2) is 0 Å². The molecule has 0 radical (unpaired) electrons.